The van der Waals surface area contributed by atoms with E-state index in [1.165, 1.54) is 5.69 Å². The zero-order valence-corrected chi connectivity index (χ0v) is 12.9. The number of para-hydroxylation sites is 1. The summed E-state index contributed by atoms with van der Waals surface area (Å²) in [5, 5.41) is 0. The minimum Gasteiger partial charge on any atom is -0.382 e. The van der Waals surface area contributed by atoms with Crippen molar-refractivity contribution < 1.29 is 14.2 Å². The summed E-state index contributed by atoms with van der Waals surface area (Å²) in [4.78, 5) is 2.34. The van der Waals surface area contributed by atoms with Gasteiger partial charge in [-0.25, -0.2) is 0 Å². The van der Waals surface area contributed by atoms with Gasteiger partial charge in [0.1, 0.15) is 0 Å². The third kappa shape index (κ3) is 6.37. The van der Waals surface area contributed by atoms with Crippen LogP contribution >= 0.6 is 0 Å². The first-order valence-electron chi connectivity index (χ1n) is 7.25. The topological polar surface area (TPSA) is 30.9 Å². The molecule has 1 unspecified atom stereocenters. The molecule has 1 aromatic carbocycles. The fraction of sp³-hybridized carbons (Fsp3) is 0.625. The van der Waals surface area contributed by atoms with Gasteiger partial charge in [0.2, 0.25) is 0 Å². The number of ether oxygens (including phenoxy) is 3. The average molecular weight is 281 g/mol. The number of nitrogens with zero attached hydrogens (tertiary/aromatic N) is 1. The lowest BCUT2D eigenvalue weighted by Crippen LogP contribution is -2.36. The minimum atomic E-state index is 0.348. The highest BCUT2D eigenvalue weighted by atomic mass is 16.5. The van der Waals surface area contributed by atoms with Crippen molar-refractivity contribution in [2.75, 3.05) is 51.6 Å². The Morgan fingerprint density at radius 1 is 1.00 bits per heavy atom. The first-order chi connectivity index (χ1) is 9.79. The maximum atomic E-state index is 5.67. The van der Waals surface area contributed by atoms with Gasteiger partial charge in [0, 0.05) is 25.4 Å². The second kappa shape index (κ2) is 10.7. The fourth-order valence-corrected chi connectivity index (χ4v) is 2.07. The second-order valence-corrected chi connectivity index (χ2v) is 4.65. The zero-order valence-electron chi connectivity index (χ0n) is 12.9. The summed E-state index contributed by atoms with van der Waals surface area (Å²) in [5.74, 6) is 0. The van der Waals surface area contributed by atoms with E-state index in [9.17, 15) is 0 Å². The smallest absolute Gasteiger partial charge is 0.0701 e. The third-order valence-corrected chi connectivity index (χ3v) is 3.12. The lowest BCUT2D eigenvalue weighted by atomic mass is 10.2. The Balaban J connectivity index is 2.22. The Morgan fingerprint density at radius 2 is 1.65 bits per heavy atom. The molecule has 4 nitrogen and oxygen atoms in total. The van der Waals surface area contributed by atoms with Gasteiger partial charge in [-0.2, -0.15) is 0 Å². The molecule has 4 heteroatoms. The molecular weight excluding hydrogens is 254 g/mol. The van der Waals surface area contributed by atoms with Gasteiger partial charge in [-0.1, -0.05) is 18.2 Å². The van der Waals surface area contributed by atoms with Gasteiger partial charge in [-0.15, -0.1) is 0 Å². The van der Waals surface area contributed by atoms with Crippen molar-refractivity contribution in [1.29, 1.82) is 0 Å². The normalized spacial score (nSPS) is 12.3. The molecule has 1 aromatic rings. The van der Waals surface area contributed by atoms with Crippen LogP contribution in [-0.2, 0) is 14.2 Å². The van der Waals surface area contributed by atoms with Gasteiger partial charge in [0.25, 0.3) is 0 Å². The highest BCUT2D eigenvalue weighted by Crippen LogP contribution is 2.16. The average Bonchev–Trinajstić information content (AvgIpc) is 2.48. The van der Waals surface area contributed by atoms with Crippen LogP contribution in [0.1, 0.15) is 13.8 Å². The Bertz CT molecular complexity index is 332. The van der Waals surface area contributed by atoms with E-state index >= 15 is 0 Å². The largest absolute Gasteiger partial charge is 0.382 e. The molecule has 20 heavy (non-hydrogen) atoms. The highest BCUT2D eigenvalue weighted by Gasteiger charge is 2.12. The van der Waals surface area contributed by atoms with Gasteiger partial charge in [-0.05, 0) is 26.0 Å². The predicted octanol–water partition coefficient (Wildman–Crippen LogP) is 2.58. The molecule has 1 rings (SSSR count). The number of benzene rings is 1. The molecule has 0 N–H and O–H groups in total. The molecular formula is C16H27NO3. The molecule has 1 atom stereocenters. The van der Waals surface area contributed by atoms with E-state index < -0.39 is 0 Å². The van der Waals surface area contributed by atoms with Crippen LogP contribution < -0.4 is 4.90 Å². The number of methoxy groups -OCH3 is 1. The van der Waals surface area contributed by atoms with E-state index in [0.717, 1.165) is 6.54 Å². The summed E-state index contributed by atoms with van der Waals surface area (Å²) < 4.78 is 15.9. The lowest BCUT2D eigenvalue weighted by Gasteiger charge is -2.30. The second-order valence-electron chi connectivity index (χ2n) is 4.65. The number of hydrogen-bond donors (Lipinski definition) is 0. The van der Waals surface area contributed by atoms with E-state index in [0.29, 0.717) is 39.1 Å². The number of anilines is 1. The van der Waals surface area contributed by atoms with Crippen molar-refractivity contribution >= 4 is 5.69 Å². The summed E-state index contributed by atoms with van der Waals surface area (Å²) >= 11 is 0. The van der Waals surface area contributed by atoms with Crippen LogP contribution in [0, 0.1) is 0 Å². The van der Waals surface area contributed by atoms with E-state index in [2.05, 4.69) is 43.0 Å². The molecule has 0 amide bonds. The molecule has 0 spiro atoms. The maximum Gasteiger partial charge on any atom is 0.0701 e. The van der Waals surface area contributed by atoms with Crippen LogP contribution in [0.2, 0.25) is 0 Å². The molecule has 0 saturated carbocycles. The lowest BCUT2D eigenvalue weighted by molar-refractivity contribution is 0.0221. The Hall–Kier alpha value is -1.10. The van der Waals surface area contributed by atoms with Gasteiger partial charge in [-0.3, -0.25) is 0 Å². The van der Waals surface area contributed by atoms with Gasteiger partial charge in [0.05, 0.1) is 33.0 Å². The van der Waals surface area contributed by atoms with Crippen molar-refractivity contribution in [1.82, 2.24) is 0 Å². The summed E-state index contributed by atoms with van der Waals surface area (Å²) in [6, 6.07) is 10.8. The number of likely N-dealkylation sites (N-methyl/N-ethyl adjacent to an activating group) is 1. The first kappa shape index (κ1) is 17.0. The quantitative estimate of drug-likeness (QED) is 0.583. The molecule has 0 bridgehead atoms. The van der Waals surface area contributed by atoms with Crippen LogP contribution in [0.25, 0.3) is 0 Å². The van der Waals surface area contributed by atoms with Crippen molar-refractivity contribution in [2.45, 2.75) is 19.9 Å². The van der Waals surface area contributed by atoms with Crippen LogP contribution in [0.5, 0.6) is 0 Å². The Kier molecular flexibility index (Phi) is 9.04. The zero-order chi connectivity index (χ0) is 14.6. The number of rotatable bonds is 11. The summed E-state index contributed by atoms with van der Waals surface area (Å²) in [5.41, 5.74) is 1.24. The van der Waals surface area contributed by atoms with Crippen molar-refractivity contribution in [3.63, 3.8) is 0 Å². The highest BCUT2D eigenvalue weighted by molar-refractivity contribution is 5.46. The van der Waals surface area contributed by atoms with E-state index in [-0.39, 0.29) is 0 Å². The summed E-state index contributed by atoms with van der Waals surface area (Å²) in [6.45, 7) is 8.53. The van der Waals surface area contributed by atoms with Crippen molar-refractivity contribution in [3.05, 3.63) is 30.3 Å². The maximum absolute atomic E-state index is 5.67. The standard InChI is InChI=1S/C16H27NO3/c1-4-17(16-8-6-5-7-9-16)15(2)14-20-13-12-19-11-10-18-3/h5-9,15H,4,10-14H2,1-3H3. The molecule has 0 aliphatic rings. The van der Waals surface area contributed by atoms with Crippen molar-refractivity contribution in [2.24, 2.45) is 0 Å². The fourth-order valence-electron chi connectivity index (χ4n) is 2.07. The van der Waals surface area contributed by atoms with E-state index in [4.69, 9.17) is 14.2 Å². The molecule has 0 aliphatic heterocycles. The molecule has 0 radical (unpaired) electrons. The molecule has 114 valence electrons. The molecule has 0 aliphatic carbocycles. The molecule has 0 aromatic heterocycles. The predicted molar refractivity (Wildman–Crippen MR) is 82.4 cm³/mol. The Labute approximate surface area is 122 Å². The van der Waals surface area contributed by atoms with E-state index in [1.54, 1.807) is 7.11 Å². The summed E-state index contributed by atoms with van der Waals surface area (Å²) in [6.07, 6.45) is 0. The summed E-state index contributed by atoms with van der Waals surface area (Å²) in [7, 11) is 1.67. The Morgan fingerprint density at radius 3 is 2.30 bits per heavy atom. The van der Waals surface area contributed by atoms with Gasteiger partial charge < -0.3 is 19.1 Å². The SMILES string of the molecule is CCN(c1ccccc1)C(C)COCCOCCOC. The van der Waals surface area contributed by atoms with Crippen LogP contribution in [0.4, 0.5) is 5.69 Å². The first-order valence-corrected chi connectivity index (χ1v) is 7.25. The van der Waals surface area contributed by atoms with Gasteiger partial charge >= 0.3 is 0 Å². The van der Waals surface area contributed by atoms with E-state index in [1.807, 2.05) is 6.07 Å². The molecule has 0 heterocycles. The van der Waals surface area contributed by atoms with Crippen LogP contribution in [0.15, 0.2) is 30.3 Å². The van der Waals surface area contributed by atoms with Crippen molar-refractivity contribution in [3.8, 4) is 0 Å². The number of hydrogen-bond acceptors (Lipinski definition) is 4. The van der Waals surface area contributed by atoms with Gasteiger partial charge in [0.15, 0.2) is 0 Å². The monoisotopic (exact) mass is 281 g/mol. The van der Waals surface area contributed by atoms with Crippen LogP contribution in [0.3, 0.4) is 0 Å². The van der Waals surface area contributed by atoms with Crippen LogP contribution in [-0.4, -0.2) is 52.7 Å². The molecule has 0 fully saturated rings. The minimum absolute atomic E-state index is 0.348. The molecule has 0 saturated heterocycles. The third-order valence-electron chi connectivity index (χ3n) is 3.12.